The number of carboxylic acid groups (broad SMARTS) is 1. The Bertz CT molecular complexity index is 2240. The van der Waals surface area contributed by atoms with E-state index in [1.165, 1.54) is 6.07 Å². The molecule has 414 valence electrons. The number of methoxy groups -OCH3 is 2. The van der Waals surface area contributed by atoms with E-state index in [1.807, 2.05) is 42.2 Å². The smallest absolute Gasteiger partial charge is 0.303 e. The van der Waals surface area contributed by atoms with Crippen molar-refractivity contribution in [2.45, 2.75) is 70.1 Å². The second-order valence-corrected chi connectivity index (χ2v) is 21.8. The van der Waals surface area contributed by atoms with Crippen LogP contribution in [0.15, 0.2) is 71.3 Å². The van der Waals surface area contributed by atoms with Gasteiger partial charge in [0, 0.05) is 74.4 Å². The minimum absolute atomic E-state index is 0.0499. The lowest BCUT2D eigenvalue weighted by Gasteiger charge is -2.30. The SMILES string of the molecule is COCCOCCOCCOCCN(CCOCCOCCOCCOC)c1ccc(/C(=C\C/C=C/C=C2/N(CCCS(=O)(=O)OC)c3ccc(S(=O)(=O)OC)cc3C2(C)CCCC(=O)O)C(C)(C)C)c(O)c1. The van der Waals surface area contributed by atoms with Crippen molar-refractivity contribution in [3.05, 3.63) is 77.5 Å². The van der Waals surface area contributed by atoms with Crippen molar-refractivity contribution >= 4 is 43.2 Å². The van der Waals surface area contributed by atoms with Crippen LogP contribution >= 0.6 is 0 Å². The minimum atomic E-state index is -4.08. The summed E-state index contributed by atoms with van der Waals surface area (Å²) in [5, 5.41) is 21.2. The summed E-state index contributed by atoms with van der Waals surface area (Å²) < 4.78 is 104. The largest absolute Gasteiger partial charge is 0.507 e. The standard InChI is InChI=1S/C52H82N2O17S2/c1-51(2,3)45(44-19-17-42(40-48(44)55)53(23-25-66-31-33-70-37-35-68-29-27-62-5)24-26-67-32-34-71-38-36-69-30-28-63-6)14-10-9-11-15-49-52(4,21-12-16-50(56)57)46-41-43(73(60,61)65-8)18-20-47(46)54(49)22-13-39-72(58,59)64-7/h9,11,14-15,17-20,40-41,55H,10,12-13,16,21-39H2,1-8H3,(H,56,57)/b11-9+,45-14+,49-15+. The van der Waals surface area contributed by atoms with Gasteiger partial charge in [0.25, 0.3) is 20.2 Å². The number of allylic oxidation sites excluding steroid dienone is 6. The Labute approximate surface area is 434 Å². The molecule has 0 bridgehead atoms. The van der Waals surface area contributed by atoms with Crippen LogP contribution in [0.2, 0.25) is 0 Å². The number of nitrogens with zero attached hydrogens (tertiary/aromatic N) is 2. The summed E-state index contributed by atoms with van der Waals surface area (Å²) in [5.41, 5.74) is 3.24. The number of rotatable bonds is 40. The van der Waals surface area contributed by atoms with Crippen molar-refractivity contribution in [3.63, 3.8) is 0 Å². The second-order valence-electron chi connectivity index (χ2n) is 18.2. The molecule has 0 aromatic heterocycles. The molecule has 1 heterocycles. The maximum atomic E-state index is 12.9. The van der Waals surface area contributed by atoms with Crippen LogP contribution in [0.1, 0.15) is 70.9 Å². The highest BCUT2D eigenvalue weighted by Crippen LogP contribution is 2.51. The Hall–Kier alpha value is -3.97. The quantitative estimate of drug-likeness (QED) is 0.0531. The normalized spacial score (nSPS) is 16.0. The third-order valence-electron chi connectivity index (χ3n) is 12.0. The van der Waals surface area contributed by atoms with Crippen LogP contribution in [-0.2, 0) is 76.7 Å². The molecule has 0 fully saturated rings. The zero-order valence-corrected chi connectivity index (χ0v) is 45.9. The maximum absolute atomic E-state index is 12.9. The molecule has 1 atom stereocenters. The van der Waals surface area contributed by atoms with Crippen molar-refractivity contribution in [1.82, 2.24) is 0 Å². The summed E-state index contributed by atoms with van der Waals surface area (Å²) in [6.45, 7) is 15.9. The van der Waals surface area contributed by atoms with Gasteiger partial charge in [-0.25, -0.2) is 0 Å². The van der Waals surface area contributed by atoms with Gasteiger partial charge in [-0.3, -0.25) is 13.2 Å². The summed E-state index contributed by atoms with van der Waals surface area (Å²) in [5.74, 6) is -1.09. The van der Waals surface area contributed by atoms with Gasteiger partial charge >= 0.3 is 5.97 Å². The van der Waals surface area contributed by atoms with E-state index in [0.717, 1.165) is 31.2 Å². The van der Waals surface area contributed by atoms with Crippen LogP contribution in [0.4, 0.5) is 11.4 Å². The Morgan fingerprint density at radius 2 is 1.27 bits per heavy atom. The van der Waals surface area contributed by atoms with E-state index in [4.69, 9.17) is 46.3 Å². The number of fused-ring (bicyclic) bond motifs is 1. The zero-order valence-electron chi connectivity index (χ0n) is 44.3. The van der Waals surface area contributed by atoms with Crippen LogP contribution < -0.4 is 9.80 Å². The molecular formula is C52H82N2O17S2. The zero-order chi connectivity index (χ0) is 53.8. The Morgan fingerprint density at radius 1 is 0.726 bits per heavy atom. The molecule has 0 spiro atoms. The Morgan fingerprint density at radius 3 is 1.77 bits per heavy atom. The van der Waals surface area contributed by atoms with Gasteiger partial charge in [0.1, 0.15) is 5.75 Å². The first-order valence-electron chi connectivity index (χ1n) is 24.7. The molecule has 1 aliphatic heterocycles. The Balaban J connectivity index is 1.86. The molecule has 3 rings (SSSR count). The van der Waals surface area contributed by atoms with Gasteiger partial charge in [-0.2, -0.15) is 16.8 Å². The first kappa shape index (κ1) is 63.3. The molecule has 0 saturated carbocycles. The van der Waals surface area contributed by atoms with Gasteiger partial charge in [0.2, 0.25) is 0 Å². The number of benzene rings is 2. The number of hydrogen-bond acceptors (Lipinski definition) is 18. The molecule has 73 heavy (non-hydrogen) atoms. The number of anilines is 2. The van der Waals surface area contributed by atoms with Crippen molar-refractivity contribution in [3.8, 4) is 5.75 Å². The number of aromatic hydroxyl groups is 1. The second kappa shape index (κ2) is 33.1. The topological polar surface area (TPSA) is 225 Å². The molecule has 0 amide bonds. The number of phenols is 1. The molecule has 19 nitrogen and oxygen atoms in total. The number of hydrogen-bond donors (Lipinski definition) is 2. The number of ether oxygens (including phenoxy) is 8. The van der Waals surface area contributed by atoms with Gasteiger partial charge < -0.3 is 57.9 Å². The molecule has 2 aromatic carbocycles. The number of aliphatic carboxylic acids is 1. The summed E-state index contributed by atoms with van der Waals surface area (Å²) >= 11 is 0. The number of phenolic OH excluding ortho intramolecular Hbond substituents is 1. The van der Waals surface area contributed by atoms with Crippen LogP contribution in [0.5, 0.6) is 5.75 Å². The third-order valence-corrected chi connectivity index (χ3v) is 14.5. The number of carboxylic acids is 1. The van der Waals surface area contributed by atoms with Crippen LogP contribution in [0.3, 0.4) is 0 Å². The van der Waals surface area contributed by atoms with Crippen molar-refractivity contribution in [2.24, 2.45) is 5.41 Å². The van der Waals surface area contributed by atoms with E-state index in [1.54, 1.807) is 32.4 Å². The number of carbonyl (C=O) groups is 1. The average molecular weight is 1070 g/mol. The van der Waals surface area contributed by atoms with E-state index < -0.39 is 31.6 Å². The van der Waals surface area contributed by atoms with Crippen molar-refractivity contribution in [2.75, 3.05) is 156 Å². The molecule has 2 aromatic rings. The average Bonchev–Trinajstić information content (AvgIpc) is 3.57. The molecule has 0 saturated heterocycles. The molecule has 2 N–H and O–H groups in total. The fourth-order valence-corrected chi connectivity index (χ4v) is 9.48. The Kier molecular flexibility index (Phi) is 28.8. The lowest BCUT2D eigenvalue weighted by Crippen LogP contribution is -2.31. The lowest BCUT2D eigenvalue weighted by molar-refractivity contribution is -0.137. The highest BCUT2D eigenvalue weighted by atomic mass is 32.2. The summed E-state index contributed by atoms with van der Waals surface area (Å²) in [6.07, 6.45) is 9.06. The first-order valence-corrected chi connectivity index (χ1v) is 27.7. The fraction of sp³-hybridized carbons (Fsp3) is 0.635. The van der Waals surface area contributed by atoms with Crippen LogP contribution in [0.25, 0.3) is 5.57 Å². The maximum Gasteiger partial charge on any atom is 0.303 e. The van der Waals surface area contributed by atoms with Crippen LogP contribution in [-0.4, -0.2) is 179 Å². The van der Waals surface area contributed by atoms with Gasteiger partial charge in [0.05, 0.1) is 117 Å². The van der Waals surface area contributed by atoms with Crippen molar-refractivity contribution < 1.29 is 78.1 Å². The molecule has 1 aliphatic rings. The predicted octanol–water partition coefficient (Wildman–Crippen LogP) is 6.58. The molecule has 0 radical (unpaired) electrons. The fourth-order valence-electron chi connectivity index (χ4n) is 8.14. The van der Waals surface area contributed by atoms with Gasteiger partial charge in [-0.05, 0) is 85.6 Å². The molecule has 0 aliphatic carbocycles. The minimum Gasteiger partial charge on any atom is -0.507 e. The van der Waals surface area contributed by atoms with E-state index in [2.05, 4.69) is 31.7 Å². The summed E-state index contributed by atoms with van der Waals surface area (Å²) in [4.78, 5) is 15.7. The van der Waals surface area contributed by atoms with E-state index in [0.29, 0.717) is 142 Å². The van der Waals surface area contributed by atoms with E-state index in [-0.39, 0.29) is 41.2 Å². The van der Waals surface area contributed by atoms with Crippen LogP contribution in [0, 0.1) is 5.41 Å². The monoisotopic (exact) mass is 1070 g/mol. The third kappa shape index (κ3) is 22.0. The first-order chi connectivity index (χ1) is 34.8. The predicted molar refractivity (Wildman–Crippen MR) is 280 cm³/mol. The van der Waals surface area contributed by atoms with Crippen molar-refractivity contribution in [1.29, 1.82) is 0 Å². The van der Waals surface area contributed by atoms with E-state index in [9.17, 15) is 31.8 Å². The van der Waals surface area contributed by atoms with E-state index >= 15 is 0 Å². The van der Waals surface area contributed by atoms with Gasteiger partial charge in [-0.15, -0.1) is 0 Å². The molecular weight excluding hydrogens is 989 g/mol. The summed E-state index contributed by atoms with van der Waals surface area (Å²) in [6, 6.07) is 10.3. The highest BCUT2D eigenvalue weighted by Gasteiger charge is 2.44. The highest BCUT2D eigenvalue weighted by molar-refractivity contribution is 7.87. The van der Waals surface area contributed by atoms with Gasteiger partial charge in [-0.1, -0.05) is 39.0 Å². The molecule has 21 heteroatoms. The van der Waals surface area contributed by atoms with Gasteiger partial charge in [0.15, 0.2) is 0 Å². The summed E-state index contributed by atoms with van der Waals surface area (Å²) in [7, 11) is -2.39. The molecule has 1 unspecified atom stereocenters. The lowest BCUT2D eigenvalue weighted by atomic mass is 9.77.